The summed E-state index contributed by atoms with van der Waals surface area (Å²) in [6, 6.07) is 37.9. The Morgan fingerprint density at radius 2 is 1.64 bits per heavy atom. The number of nitrogens with zero attached hydrogens (tertiary/aromatic N) is 2. The number of benzene rings is 5. The third-order valence-corrected chi connectivity index (χ3v) is 12.0. The lowest BCUT2D eigenvalue weighted by molar-refractivity contribution is -0.877. The summed E-state index contributed by atoms with van der Waals surface area (Å²) in [5.41, 5.74) is 6.50. The number of ether oxygens (including phenoxy) is 1. The molecule has 14 nitrogen and oxygen atoms in total. The summed E-state index contributed by atoms with van der Waals surface area (Å²) >= 11 is 0. The number of phenolic OH excluding ortho intramolecular Hbond substituents is 1. The van der Waals surface area contributed by atoms with Crippen LogP contribution in [0.25, 0.3) is 27.9 Å². The van der Waals surface area contributed by atoms with Gasteiger partial charge in [0.2, 0.25) is 11.5 Å². The molecule has 342 valence electrons. The van der Waals surface area contributed by atoms with Crippen molar-refractivity contribution < 1.29 is 34.3 Å². The standard InChI is InChI=1S/C52H57N7O7/c1-34(2)59(49(63)26-29-57-27-24-41(25-28-57)66-52(65)55-45-15-8-7-14-42(45)38-12-5-4-6-13-38)40-18-16-39(17-19-40)51(64)54-32-37-11-9-10-36(31-37)30-35(3)58(53)33-47(61)43-20-22-46(60)50-44(43)21-23-48(62)56-50/h4-23,31,35,41,47,53,58,60-61H,1,24-30,32-33H2,2-3H3,(H,54,64)(H,55,65)(H,56,62)/t35-,47-/m0/s1. The van der Waals surface area contributed by atoms with Gasteiger partial charge in [-0.3, -0.25) is 24.6 Å². The first-order valence-corrected chi connectivity index (χ1v) is 22.2. The lowest BCUT2D eigenvalue weighted by atomic mass is 10.0. The first-order valence-electron chi connectivity index (χ1n) is 22.2. The van der Waals surface area contributed by atoms with Crippen LogP contribution in [0.5, 0.6) is 5.75 Å². The smallest absolute Gasteiger partial charge is 0.411 e. The van der Waals surface area contributed by atoms with Crippen LogP contribution in [0.15, 0.2) is 144 Å². The Labute approximate surface area is 384 Å². The molecule has 0 radical (unpaired) electrons. The maximum Gasteiger partial charge on any atom is 0.411 e. The van der Waals surface area contributed by atoms with Gasteiger partial charge in [0, 0.05) is 73.0 Å². The zero-order valence-corrected chi connectivity index (χ0v) is 37.3. The number of rotatable bonds is 17. The number of carbonyl (C=O) groups is 3. The second-order valence-electron chi connectivity index (χ2n) is 16.9. The molecule has 6 aromatic rings. The molecule has 14 heteroatoms. The van der Waals surface area contributed by atoms with Crippen LogP contribution in [0.4, 0.5) is 16.2 Å². The predicted molar refractivity (Wildman–Crippen MR) is 257 cm³/mol. The Morgan fingerprint density at radius 1 is 0.924 bits per heavy atom. The normalized spacial score (nSPS) is 14.5. The number of quaternary nitrogens is 1. The highest BCUT2D eigenvalue weighted by Gasteiger charge is 2.25. The molecule has 7 N–H and O–H groups in total. The maximum atomic E-state index is 13.6. The minimum Gasteiger partial charge on any atom is -0.506 e. The summed E-state index contributed by atoms with van der Waals surface area (Å²) in [6.07, 6.45) is 0.414. The molecule has 1 saturated heterocycles. The number of phenols is 1. The average molecular weight is 892 g/mol. The number of amides is 3. The van der Waals surface area contributed by atoms with Gasteiger partial charge in [-0.2, -0.15) is 0 Å². The molecule has 0 spiro atoms. The summed E-state index contributed by atoms with van der Waals surface area (Å²) in [4.78, 5) is 57.9. The van der Waals surface area contributed by atoms with Crippen molar-refractivity contribution in [2.75, 3.05) is 36.4 Å². The third-order valence-electron chi connectivity index (χ3n) is 12.0. The number of aliphatic hydroxyl groups excluding tert-OH is 1. The molecule has 0 bridgehead atoms. The van der Waals surface area contributed by atoms with E-state index in [9.17, 15) is 29.4 Å². The van der Waals surface area contributed by atoms with Crippen molar-refractivity contribution >= 4 is 40.2 Å². The van der Waals surface area contributed by atoms with Gasteiger partial charge in [-0.1, -0.05) is 85.4 Å². The van der Waals surface area contributed by atoms with E-state index in [-0.39, 0.29) is 60.3 Å². The molecule has 5 aromatic carbocycles. The van der Waals surface area contributed by atoms with Crippen molar-refractivity contribution in [3.63, 3.8) is 0 Å². The molecular formula is C52H57N7O7. The average Bonchev–Trinajstić information content (AvgIpc) is 3.31. The Morgan fingerprint density at radius 3 is 2.38 bits per heavy atom. The quantitative estimate of drug-likeness (QED) is 0.0513. The highest BCUT2D eigenvalue weighted by atomic mass is 16.6. The third kappa shape index (κ3) is 12.0. The van der Waals surface area contributed by atoms with Gasteiger partial charge in [0.05, 0.1) is 23.8 Å². The van der Waals surface area contributed by atoms with Crippen LogP contribution in [-0.4, -0.2) is 76.3 Å². The molecular weight excluding hydrogens is 835 g/mol. The van der Waals surface area contributed by atoms with Crippen molar-refractivity contribution in [2.45, 2.75) is 64.3 Å². The highest BCUT2D eigenvalue weighted by molar-refractivity contribution is 5.98. The number of hydrogen-bond acceptors (Lipinski definition) is 8. The van der Waals surface area contributed by atoms with Gasteiger partial charge in [-0.05, 0) is 91.4 Å². The van der Waals surface area contributed by atoms with Crippen molar-refractivity contribution in [1.29, 1.82) is 0 Å². The lowest BCUT2D eigenvalue weighted by Gasteiger charge is -2.32. The number of anilines is 2. The summed E-state index contributed by atoms with van der Waals surface area (Å²) in [7, 11) is 0. The number of fused-ring (bicyclic) bond motifs is 1. The van der Waals surface area contributed by atoms with E-state index < -0.39 is 12.2 Å². The van der Waals surface area contributed by atoms with E-state index in [1.807, 2.05) is 85.8 Å². The number of nitrogens with one attached hydrogen (secondary N) is 5. The molecule has 0 aliphatic carbocycles. The number of aliphatic hydroxyl groups is 1. The molecule has 66 heavy (non-hydrogen) atoms. The molecule has 1 aliphatic rings. The number of aromatic amines is 1. The van der Waals surface area contributed by atoms with Crippen LogP contribution in [0.1, 0.15) is 66.3 Å². The zero-order valence-electron chi connectivity index (χ0n) is 37.3. The Kier molecular flexibility index (Phi) is 15.4. The summed E-state index contributed by atoms with van der Waals surface area (Å²) in [5, 5.41) is 28.1. The van der Waals surface area contributed by atoms with Gasteiger partial charge in [-0.25, -0.2) is 4.79 Å². The van der Waals surface area contributed by atoms with Gasteiger partial charge in [0.1, 0.15) is 18.0 Å². The molecule has 1 fully saturated rings. The summed E-state index contributed by atoms with van der Waals surface area (Å²) in [5.74, 6) is 8.28. The van der Waals surface area contributed by atoms with Crippen LogP contribution in [0.3, 0.4) is 0 Å². The minimum atomic E-state index is -1.01. The minimum absolute atomic E-state index is 0.0826. The second-order valence-corrected chi connectivity index (χ2v) is 16.9. The zero-order chi connectivity index (χ0) is 46.7. The van der Waals surface area contributed by atoms with Crippen molar-refractivity contribution in [3.8, 4) is 16.9 Å². The SMILES string of the molecule is C=C(C)N(C(=O)CCN1CCC(OC(=O)Nc2ccccc2-c2ccccc2)CC1)c1ccc(C(=O)NCc2cccc(C[C@H](C)[NH+]([NH-])C[C@H](O)c3ccc(O)c4[nH]c(=O)ccc34)c2)cc1. The number of hydrogen-bond donors (Lipinski definition) is 6. The number of para-hydroxylation sites is 1. The largest absolute Gasteiger partial charge is 0.506 e. The molecule has 0 saturated carbocycles. The van der Waals surface area contributed by atoms with E-state index in [0.29, 0.717) is 77.5 Å². The molecule has 2 heterocycles. The fourth-order valence-corrected chi connectivity index (χ4v) is 8.40. The van der Waals surface area contributed by atoms with Gasteiger partial charge in [0.25, 0.3) is 5.91 Å². The molecule has 3 atom stereocenters. The molecule has 1 unspecified atom stereocenters. The van der Waals surface area contributed by atoms with E-state index >= 15 is 0 Å². The first-order chi connectivity index (χ1) is 31.8. The van der Waals surface area contributed by atoms with E-state index in [1.54, 1.807) is 48.2 Å². The predicted octanol–water partition coefficient (Wildman–Crippen LogP) is 7.32. The van der Waals surface area contributed by atoms with Gasteiger partial charge < -0.3 is 41.0 Å². The van der Waals surface area contributed by atoms with Crippen LogP contribution in [0.2, 0.25) is 0 Å². The number of aromatic hydroxyl groups is 1. The molecule has 1 aromatic heterocycles. The van der Waals surface area contributed by atoms with Gasteiger partial charge in [0.15, 0.2) is 0 Å². The van der Waals surface area contributed by atoms with Gasteiger partial charge >= 0.3 is 6.09 Å². The molecule has 7 rings (SSSR count). The Hall–Kier alpha value is -7.10. The summed E-state index contributed by atoms with van der Waals surface area (Å²) < 4.78 is 5.79. The first kappa shape index (κ1) is 46.9. The van der Waals surface area contributed by atoms with Gasteiger partial charge in [-0.15, -0.1) is 0 Å². The van der Waals surface area contributed by atoms with Crippen LogP contribution >= 0.6 is 0 Å². The number of H-pyrrole nitrogens is 1. The van der Waals surface area contributed by atoms with Crippen LogP contribution < -0.4 is 26.1 Å². The van der Waals surface area contributed by atoms with Crippen molar-refractivity contribution in [1.82, 2.24) is 15.2 Å². The van der Waals surface area contributed by atoms with E-state index in [4.69, 9.17) is 10.6 Å². The van der Waals surface area contributed by atoms with Crippen molar-refractivity contribution in [3.05, 3.63) is 178 Å². The maximum absolute atomic E-state index is 13.6. The van der Waals surface area contributed by atoms with E-state index in [0.717, 1.165) is 22.3 Å². The van der Waals surface area contributed by atoms with E-state index in [1.165, 1.54) is 12.1 Å². The molecule has 1 aliphatic heterocycles. The number of pyridine rings is 1. The van der Waals surface area contributed by atoms with Crippen molar-refractivity contribution in [2.24, 2.45) is 0 Å². The topological polar surface area (TPSA) is 193 Å². The van der Waals surface area contributed by atoms with E-state index in [2.05, 4.69) is 27.1 Å². The number of carbonyl (C=O) groups excluding carboxylic acids is 3. The summed E-state index contributed by atoms with van der Waals surface area (Å²) in [6.45, 7) is 10.0. The fraction of sp³-hybridized carbons (Fsp3) is 0.269. The Balaban J connectivity index is 0.846. The lowest BCUT2D eigenvalue weighted by Crippen LogP contribution is -3.10. The van der Waals surface area contributed by atoms with Crippen LogP contribution in [-0.2, 0) is 22.5 Å². The number of piperidine rings is 1. The number of likely N-dealkylation sites (tertiary alicyclic amines) is 1. The highest BCUT2D eigenvalue weighted by Crippen LogP contribution is 2.30. The second kappa shape index (κ2) is 21.7. The number of aromatic nitrogens is 1. The monoisotopic (exact) mass is 891 g/mol. The molecule has 3 amide bonds. The Bertz CT molecular complexity index is 2720. The van der Waals surface area contributed by atoms with Crippen LogP contribution in [0, 0.1) is 0 Å². The fourth-order valence-electron chi connectivity index (χ4n) is 8.40. The number of allylic oxidation sites excluding steroid dienone is 1.